The number of rotatable bonds is 3. The smallest absolute Gasteiger partial charge is 0.352 e. The Morgan fingerprint density at radius 1 is 0.615 bits per heavy atom. The quantitative estimate of drug-likeness (QED) is 0.166. The molecule has 0 fully saturated rings. The van der Waals surface area contributed by atoms with Gasteiger partial charge < -0.3 is 14.1 Å². The Kier molecular flexibility index (Phi) is 7.24. The minimum Gasteiger partial charge on any atom is -0.352 e. The first-order valence-corrected chi connectivity index (χ1v) is 18.6. The van der Waals surface area contributed by atoms with E-state index in [2.05, 4.69) is 161 Å². The molecule has 10 rings (SSSR count). The zero-order valence-electron chi connectivity index (χ0n) is 30.3. The second-order valence-corrected chi connectivity index (χ2v) is 16.9. The van der Waals surface area contributed by atoms with Crippen molar-refractivity contribution in [1.29, 1.82) is 0 Å². The molecule has 2 atom stereocenters. The Hall–Kier alpha value is -4.44. The van der Waals surface area contributed by atoms with Crippen LogP contribution in [0, 0.1) is 32.9 Å². The molecule has 0 bridgehead atoms. The minimum atomic E-state index is -0.302. The molecule has 0 saturated heterocycles. The first-order valence-electron chi connectivity index (χ1n) is 17.8. The Labute approximate surface area is 323 Å². The molecule has 0 amide bonds. The predicted molar refractivity (Wildman–Crippen MR) is 214 cm³/mol. The molecular weight excluding hydrogens is 836 g/mol. The molecule has 258 valence electrons. The zero-order chi connectivity index (χ0) is 35.0. The van der Waals surface area contributed by atoms with Gasteiger partial charge in [0.1, 0.15) is 5.65 Å². The number of hydrogen-bond acceptors (Lipinski definition) is 3. The van der Waals surface area contributed by atoms with Crippen molar-refractivity contribution in [3.63, 3.8) is 0 Å². The molecule has 6 heteroatoms. The van der Waals surface area contributed by atoms with E-state index in [0.29, 0.717) is 0 Å². The second kappa shape index (κ2) is 11.3. The fourth-order valence-corrected chi connectivity index (χ4v) is 10.7. The predicted octanol–water partition coefficient (Wildman–Crippen LogP) is 11.3. The van der Waals surface area contributed by atoms with Gasteiger partial charge in [-0.25, -0.2) is 4.98 Å². The van der Waals surface area contributed by atoms with Gasteiger partial charge in [-0.05, 0) is 80.2 Å². The van der Waals surface area contributed by atoms with Crippen molar-refractivity contribution in [3.8, 4) is 11.4 Å². The molecule has 52 heavy (non-hydrogen) atoms. The summed E-state index contributed by atoms with van der Waals surface area (Å²) in [6.07, 6.45) is 1.88. The van der Waals surface area contributed by atoms with Crippen LogP contribution in [0.3, 0.4) is 0 Å². The van der Waals surface area contributed by atoms with Gasteiger partial charge >= 0.3 is 21.1 Å². The van der Waals surface area contributed by atoms with Gasteiger partial charge in [0, 0.05) is 32.9 Å². The number of nitrogens with zero attached hydrogens (tertiary/aromatic N) is 4. The largest absolute Gasteiger partial charge is 2.00 e. The summed E-state index contributed by atoms with van der Waals surface area (Å²) in [7, 11) is 0. The van der Waals surface area contributed by atoms with Crippen LogP contribution in [-0.2, 0) is 31.2 Å². The van der Waals surface area contributed by atoms with Crippen LogP contribution in [0.5, 0.6) is 0 Å². The number of fused-ring (bicyclic) bond motifs is 9. The van der Waals surface area contributed by atoms with Crippen molar-refractivity contribution in [2.45, 2.75) is 64.2 Å². The number of aryl methyl sites for hydroxylation is 3. The number of aromatic nitrogens is 3. The molecule has 5 aromatic carbocycles. The van der Waals surface area contributed by atoms with Crippen LogP contribution in [0.4, 0.5) is 0 Å². The molecule has 0 radical (unpaired) electrons. The summed E-state index contributed by atoms with van der Waals surface area (Å²) in [5, 5.41) is 5.78. The van der Waals surface area contributed by atoms with Crippen molar-refractivity contribution in [1.82, 2.24) is 14.1 Å². The fourth-order valence-electron chi connectivity index (χ4n) is 9.06. The second-order valence-electron chi connectivity index (χ2n) is 15.4. The molecule has 3 aromatic heterocycles. The van der Waals surface area contributed by atoms with E-state index in [1.165, 1.54) is 44.0 Å². The van der Waals surface area contributed by atoms with E-state index in [0.717, 1.165) is 49.6 Å². The van der Waals surface area contributed by atoms with E-state index in [-0.39, 0.29) is 36.8 Å². The van der Waals surface area contributed by atoms with Gasteiger partial charge in [0.2, 0.25) is 0 Å². The van der Waals surface area contributed by atoms with Crippen LogP contribution in [-0.4, -0.2) is 24.7 Å². The average molecular weight is 874 g/mol. The molecule has 8 aromatic rings. The van der Waals surface area contributed by atoms with Crippen molar-refractivity contribution in [2.75, 3.05) is 0 Å². The van der Waals surface area contributed by atoms with Crippen LogP contribution in [0.15, 0.2) is 108 Å². The molecule has 0 saturated carbocycles. The van der Waals surface area contributed by atoms with Crippen molar-refractivity contribution in [3.05, 3.63) is 149 Å². The molecule has 4 nitrogen and oxygen atoms in total. The van der Waals surface area contributed by atoms with E-state index in [1.54, 1.807) is 0 Å². The molecule has 0 unspecified atom stereocenters. The third-order valence-electron chi connectivity index (χ3n) is 12.1. The van der Waals surface area contributed by atoms with Gasteiger partial charge in [0.25, 0.3) is 0 Å². The Balaban J connectivity index is 0.00000360. The zero-order valence-corrected chi connectivity index (χ0v) is 33.4. The summed E-state index contributed by atoms with van der Waals surface area (Å²) in [5.41, 5.74) is 13.2. The van der Waals surface area contributed by atoms with E-state index < -0.39 is 0 Å². The van der Waals surface area contributed by atoms with Gasteiger partial charge in [-0.1, -0.05) is 85.6 Å². The van der Waals surface area contributed by atoms with Gasteiger partial charge in [0.05, 0.1) is 15.8 Å². The third-order valence-corrected chi connectivity index (χ3v) is 13.6. The number of pyridine rings is 1. The first kappa shape index (κ1) is 33.4. The molecule has 0 spiro atoms. The van der Waals surface area contributed by atoms with Crippen molar-refractivity contribution < 1.29 is 21.1 Å². The van der Waals surface area contributed by atoms with Crippen LogP contribution < -0.4 is 0 Å². The topological polar surface area (TPSA) is 35.1 Å². The van der Waals surface area contributed by atoms with E-state index in [1.807, 2.05) is 24.0 Å². The number of hydrogen-bond donors (Lipinski definition) is 0. The minimum absolute atomic E-state index is 0. The summed E-state index contributed by atoms with van der Waals surface area (Å²) >= 11 is 1.90. The molecule has 4 heterocycles. The molecule has 2 aliphatic rings. The Morgan fingerprint density at radius 2 is 1.31 bits per heavy atom. The van der Waals surface area contributed by atoms with Crippen LogP contribution in [0.25, 0.3) is 55.1 Å². The number of thioether (sulfide) groups is 1. The first-order chi connectivity index (χ1) is 24.5. The molecule has 1 aliphatic carbocycles. The van der Waals surface area contributed by atoms with Gasteiger partial charge in [-0.15, -0.1) is 58.6 Å². The van der Waals surface area contributed by atoms with Gasteiger partial charge in [0.15, 0.2) is 0 Å². The maximum Gasteiger partial charge on any atom is 2.00 e. The number of benzene rings is 5. The Bertz CT molecular complexity index is 2840. The maximum atomic E-state index is 5.62. The summed E-state index contributed by atoms with van der Waals surface area (Å²) in [6, 6.07) is 43.3. The maximum absolute atomic E-state index is 5.62. The van der Waals surface area contributed by atoms with Crippen molar-refractivity contribution in [2.24, 2.45) is 4.99 Å². The van der Waals surface area contributed by atoms with Gasteiger partial charge in [-0.2, -0.15) is 6.07 Å². The summed E-state index contributed by atoms with van der Waals surface area (Å²) < 4.78 is 4.42. The summed E-state index contributed by atoms with van der Waals surface area (Å²) in [6.45, 7) is 15.9. The SMILES string of the molecule is Cc1cc(C2=N[C@]3(C)C(C)(C)c4ccccc4[C@]3(C)S2)[c-]c(-n2c3[c-]c(-n4c5ccc(C)cc5c5cccnc54)ccc3c3cc(C)ccc32)c1.[Pt+2]. The molecule has 0 N–H and O–H groups in total. The van der Waals surface area contributed by atoms with E-state index in [9.17, 15) is 0 Å². The normalized spacial score (nSPS) is 20.4. The summed E-state index contributed by atoms with van der Waals surface area (Å²) in [5.74, 6) is 0. The average Bonchev–Trinajstić information content (AvgIpc) is 3.75. The summed E-state index contributed by atoms with van der Waals surface area (Å²) in [4.78, 5) is 10.5. The van der Waals surface area contributed by atoms with Crippen LogP contribution >= 0.6 is 11.8 Å². The van der Waals surface area contributed by atoms with Crippen molar-refractivity contribution >= 4 is 60.5 Å². The Morgan fingerprint density at radius 3 is 2.06 bits per heavy atom. The van der Waals surface area contributed by atoms with E-state index >= 15 is 0 Å². The standard InChI is InChI=1S/C46H38N4S.Pt/c1-27-14-18-39-35(23-27)33-17-16-31(50-40-19-15-28(2)24-36(40)34-11-10-20-47-42(34)50)26-41(33)49(39)32-22-29(3)21-30(25-32)43-48-46(7)44(4,5)37-12-8-9-13-38(37)45(46,6)51-43;/h8-24H,1-7H3;/q-2;+2/t45-,46+;/m0./s1. The monoisotopic (exact) mass is 873 g/mol. The molecule has 1 aliphatic heterocycles. The molecular formula is C46H38N4PtS. The van der Waals surface area contributed by atoms with Crippen LogP contribution in [0.1, 0.15) is 61.1 Å². The third kappa shape index (κ3) is 4.33. The fraction of sp³-hybridized carbons (Fsp3) is 0.217. The van der Waals surface area contributed by atoms with E-state index in [4.69, 9.17) is 9.98 Å². The van der Waals surface area contributed by atoms with Crippen LogP contribution in [0.2, 0.25) is 0 Å². The number of aliphatic imine (C=N–C) groups is 1. The van der Waals surface area contributed by atoms with Gasteiger partial charge in [-0.3, -0.25) is 0 Å².